The first-order valence-electron chi connectivity index (χ1n) is 6.59. The molecule has 0 atom stereocenters. The molecule has 0 fully saturated rings. The van der Waals surface area contributed by atoms with Gasteiger partial charge in [0.05, 0.1) is 5.02 Å². The van der Waals surface area contributed by atoms with Crippen LogP contribution in [0.3, 0.4) is 0 Å². The Bertz CT molecular complexity index is 543. The highest BCUT2D eigenvalue weighted by molar-refractivity contribution is 7.99. The predicted molar refractivity (Wildman–Crippen MR) is 84.2 cm³/mol. The Balaban J connectivity index is 1.93. The molecular weight excluding hydrogens is 290 g/mol. The van der Waals surface area contributed by atoms with E-state index in [1.807, 2.05) is 36.7 Å². The zero-order valence-corrected chi connectivity index (χ0v) is 13.2. The second-order valence-electron chi connectivity index (χ2n) is 4.93. The van der Waals surface area contributed by atoms with Crippen molar-refractivity contribution in [3.8, 4) is 0 Å². The molecule has 1 aromatic heterocycles. The number of benzene rings is 1. The molecule has 2 aromatic rings. The fraction of sp³-hybridized carbons (Fsp3) is 0.333. The molecule has 0 unspecified atom stereocenters. The molecule has 0 aliphatic rings. The van der Waals surface area contributed by atoms with Crippen LogP contribution in [0.2, 0.25) is 5.02 Å². The van der Waals surface area contributed by atoms with Gasteiger partial charge in [-0.2, -0.15) is 0 Å². The van der Waals surface area contributed by atoms with Gasteiger partial charge in [0.25, 0.3) is 0 Å². The van der Waals surface area contributed by atoms with Crippen LogP contribution < -0.4 is 5.32 Å². The van der Waals surface area contributed by atoms with Gasteiger partial charge in [-0.25, -0.2) is 9.97 Å². The van der Waals surface area contributed by atoms with Crippen molar-refractivity contribution in [2.24, 2.45) is 5.92 Å². The minimum atomic E-state index is 0.644. The molecule has 3 nitrogen and oxygen atoms in total. The number of hydrogen-bond acceptors (Lipinski definition) is 4. The van der Waals surface area contributed by atoms with Gasteiger partial charge in [-0.05, 0) is 36.4 Å². The van der Waals surface area contributed by atoms with Crippen molar-refractivity contribution in [2.45, 2.75) is 30.4 Å². The Morgan fingerprint density at radius 1 is 1.20 bits per heavy atom. The number of hydrogen-bond donors (Lipinski definition) is 1. The summed E-state index contributed by atoms with van der Waals surface area (Å²) in [5.41, 5.74) is 1.09. The Hall–Kier alpha value is -1.10. The standard InChI is InChI=1S/C15H18ClN3S/c1-11(2)7-17-8-12-9-18-15(19-10-12)20-14-6-4-3-5-13(14)16/h3-6,9-11,17H,7-8H2,1-2H3. The van der Waals surface area contributed by atoms with E-state index in [0.717, 1.165) is 28.6 Å². The largest absolute Gasteiger partial charge is 0.312 e. The lowest BCUT2D eigenvalue weighted by Crippen LogP contribution is -2.19. The SMILES string of the molecule is CC(C)CNCc1cnc(Sc2ccccc2Cl)nc1. The molecule has 1 aromatic carbocycles. The summed E-state index contributed by atoms with van der Waals surface area (Å²) >= 11 is 7.59. The highest BCUT2D eigenvalue weighted by Crippen LogP contribution is 2.30. The molecule has 0 radical (unpaired) electrons. The van der Waals surface area contributed by atoms with Crippen molar-refractivity contribution >= 4 is 23.4 Å². The van der Waals surface area contributed by atoms with E-state index in [2.05, 4.69) is 29.1 Å². The van der Waals surface area contributed by atoms with Crippen LogP contribution in [0.5, 0.6) is 0 Å². The molecule has 20 heavy (non-hydrogen) atoms. The lowest BCUT2D eigenvalue weighted by molar-refractivity contribution is 0.550. The molecule has 0 saturated carbocycles. The summed E-state index contributed by atoms with van der Waals surface area (Å²) in [7, 11) is 0. The van der Waals surface area contributed by atoms with Gasteiger partial charge in [-0.1, -0.05) is 37.6 Å². The first-order valence-corrected chi connectivity index (χ1v) is 7.78. The van der Waals surface area contributed by atoms with Crippen molar-refractivity contribution < 1.29 is 0 Å². The van der Waals surface area contributed by atoms with Gasteiger partial charge in [0.2, 0.25) is 0 Å². The van der Waals surface area contributed by atoms with E-state index in [1.54, 1.807) is 0 Å². The summed E-state index contributed by atoms with van der Waals surface area (Å²) in [5.74, 6) is 0.644. The van der Waals surface area contributed by atoms with Crippen molar-refractivity contribution in [1.82, 2.24) is 15.3 Å². The number of nitrogens with one attached hydrogen (secondary N) is 1. The quantitative estimate of drug-likeness (QED) is 0.818. The Morgan fingerprint density at radius 2 is 1.90 bits per heavy atom. The molecule has 1 N–H and O–H groups in total. The van der Waals surface area contributed by atoms with E-state index in [-0.39, 0.29) is 0 Å². The summed E-state index contributed by atoms with van der Waals surface area (Å²) in [4.78, 5) is 9.70. The lowest BCUT2D eigenvalue weighted by atomic mass is 10.2. The fourth-order valence-corrected chi connectivity index (χ4v) is 2.59. The molecule has 0 saturated heterocycles. The molecule has 0 spiro atoms. The number of halogens is 1. The van der Waals surface area contributed by atoms with Crippen LogP contribution in [-0.2, 0) is 6.54 Å². The molecule has 5 heteroatoms. The smallest absolute Gasteiger partial charge is 0.192 e. The van der Waals surface area contributed by atoms with Crippen LogP contribution in [0.15, 0.2) is 46.7 Å². The number of aromatic nitrogens is 2. The molecule has 0 aliphatic carbocycles. The predicted octanol–water partition coefficient (Wildman–Crippen LogP) is 4.03. The average molecular weight is 308 g/mol. The summed E-state index contributed by atoms with van der Waals surface area (Å²) in [5, 5.41) is 4.81. The highest BCUT2D eigenvalue weighted by atomic mass is 35.5. The molecule has 106 valence electrons. The highest BCUT2D eigenvalue weighted by Gasteiger charge is 2.04. The van der Waals surface area contributed by atoms with Crippen LogP contribution in [0, 0.1) is 5.92 Å². The van der Waals surface area contributed by atoms with Crippen molar-refractivity contribution in [1.29, 1.82) is 0 Å². The maximum Gasteiger partial charge on any atom is 0.192 e. The van der Waals surface area contributed by atoms with Crippen molar-refractivity contribution in [3.63, 3.8) is 0 Å². The third kappa shape index (κ3) is 4.78. The molecule has 2 rings (SSSR count). The van der Waals surface area contributed by atoms with Gasteiger partial charge in [-0.15, -0.1) is 0 Å². The first-order chi connectivity index (χ1) is 9.65. The second kappa shape index (κ2) is 7.62. The Morgan fingerprint density at radius 3 is 2.55 bits per heavy atom. The summed E-state index contributed by atoms with van der Waals surface area (Å²) in [6.45, 7) is 6.17. The Kier molecular flexibility index (Phi) is 5.83. The van der Waals surface area contributed by atoms with E-state index in [4.69, 9.17) is 11.6 Å². The van der Waals surface area contributed by atoms with Gasteiger partial charge < -0.3 is 5.32 Å². The van der Waals surface area contributed by atoms with E-state index in [9.17, 15) is 0 Å². The number of rotatable bonds is 6. The summed E-state index contributed by atoms with van der Waals surface area (Å²) in [6, 6.07) is 7.71. The molecule has 0 amide bonds. The van der Waals surface area contributed by atoms with Crippen LogP contribution in [0.25, 0.3) is 0 Å². The minimum absolute atomic E-state index is 0.644. The normalized spacial score (nSPS) is 11.0. The van der Waals surface area contributed by atoms with Gasteiger partial charge >= 0.3 is 0 Å². The third-order valence-electron chi connectivity index (χ3n) is 2.60. The van der Waals surface area contributed by atoms with E-state index in [0.29, 0.717) is 11.1 Å². The maximum absolute atomic E-state index is 6.12. The van der Waals surface area contributed by atoms with Crippen LogP contribution >= 0.6 is 23.4 Å². The van der Waals surface area contributed by atoms with E-state index in [1.165, 1.54) is 11.8 Å². The molecular formula is C15H18ClN3S. The lowest BCUT2D eigenvalue weighted by Gasteiger charge is -2.07. The number of nitrogens with zero attached hydrogens (tertiary/aromatic N) is 2. The summed E-state index contributed by atoms with van der Waals surface area (Å²) in [6.07, 6.45) is 3.72. The van der Waals surface area contributed by atoms with E-state index < -0.39 is 0 Å². The zero-order chi connectivity index (χ0) is 14.4. The summed E-state index contributed by atoms with van der Waals surface area (Å²) < 4.78 is 0. The van der Waals surface area contributed by atoms with Crippen molar-refractivity contribution in [2.75, 3.05) is 6.54 Å². The second-order valence-corrected chi connectivity index (χ2v) is 6.35. The van der Waals surface area contributed by atoms with Gasteiger partial charge in [0.15, 0.2) is 5.16 Å². The van der Waals surface area contributed by atoms with Gasteiger partial charge in [-0.3, -0.25) is 0 Å². The zero-order valence-electron chi connectivity index (χ0n) is 11.6. The van der Waals surface area contributed by atoms with Gasteiger partial charge in [0, 0.05) is 29.4 Å². The fourth-order valence-electron chi connectivity index (χ4n) is 1.62. The molecule has 1 heterocycles. The molecule has 0 aliphatic heterocycles. The van der Waals surface area contributed by atoms with E-state index >= 15 is 0 Å². The van der Waals surface area contributed by atoms with Crippen LogP contribution in [0.4, 0.5) is 0 Å². The molecule has 0 bridgehead atoms. The van der Waals surface area contributed by atoms with Crippen molar-refractivity contribution in [3.05, 3.63) is 47.2 Å². The minimum Gasteiger partial charge on any atom is -0.312 e. The Labute approximate surface area is 129 Å². The van der Waals surface area contributed by atoms with Gasteiger partial charge in [0.1, 0.15) is 0 Å². The average Bonchev–Trinajstić information content (AvgIpc) is 2.43. The first kappa shape index (κ1) is 15.3. The van der Waals surface area contributed by atoms with Crippen LogP contribution in [0.1, 0.15) is 19.4 Å². The van der Waals surface area contributed by atoms with Crippen LogP contribution in [-0.4, -0.2) is 16.5 Å². The topological polar surface area (TPSA) is 37.8 Å². The maximum atomic E-state index is 6.12. The monoisotopic (exact) mass is 307 g/mol. The third-order valence-corrected chi connectivity index (χ3v) is 4.01.